The van der Waals surface area contributed by atoms with Crippen molar-refractivity contribution in [2.45, 2.75) is 31.8 Å². The number of methoxy groups -OCH3 is 1. The molecule has 1 aromatic rings. The molecule has 2 aliphatic rings. The van der Waals surface area contributed by atoms with Crippen molar-refractivity contribution >= 4 is 17.6 Å². The Kier molecular flexibility index (Phi) is 4.51. The molecule has 4 atom stereocenters. The summed E-state index contributed by atoms with van der Waals surface area (Å²) in [5.41, 5.74) is 2.44. The molecule has 3 rings (SSSR count). The number of benzene rings is 1. The Morgan fingerprint density at radius 1 is 1.40 bits per heavy atom. The molecule has 2 N–H and O–H groups in total. The molecule has 1 aromatic carbocycles. The first-order valence-corrected chi connectivity index (χ1v) is 8.28. The van der Waals surface area contributed by atoms with E-state index in [0.29, 0.717) is 11.5 Å². The second-order valence-electron chi connectivity index (χ2n) is 6.62. The summed E-state index contributed by atoms with van der Waals surface area (Å²) in [6.45, 7) is 3.51. The summed E-state index contributed by atoms with van der Waals surface area (Å²) in [4.78, 5) is 25.0. The van der Waals surface area contributed by atoms with Gasteiger partial charge in [-0.25, -0.2) is 5.43 Å². The molecule has 0 aromatic heterocycles. The lowest BCUT2D eigenvalue weighted by atomic mass is 9.61. The SMILES string of the molecule is CCOC(=O)C1C(c2ccc(OC)cc2)C2C(=O)NN=C2CC1(C)O. The molecule has 1 amide bonds. The lowest BCUT2D eigenvalue weighted by Crippen LogP contribution is -2.54. The topological polar surface area (TPSA) is 97.2 Å². The fraction of sp³-hybridized carbons (Fsp3) is 0.500. The maximum atomic E-state index is 12.6. The number of amides is 1. The molecule has 25 heavy (non-hydrogen) atoms. The molecule has 7 heteroatoms. The number of ether oxygens (including phenoxy) is 2. The summed E-state index contributed by atoms with van der Waals surface area (Å²) in [6, 6.07) is 7.15. The van der Waals surface area contributed by atoms with Gasteiger partial charge >= 0.3 is 5.97 Å². The number of fused-ring (bicyclic) bond motifs is 1. The number of rotatable bonds is 4. The summed E-state index contributed by atoms with van der Waals surface area (Å²) >= 11 is 0. The van der Waals surface area contributed by atoms with Crippen molar-refractivity contribution in [3.05, 3.63) is 29.8 Å². The zero-order valence-electron chi connectivity index (χ0n) is 14.5. The van der Waals surface area contributed by atoms with Crippen molar-refractivity contribution in [3.8, 4) is 5.75 Å². The minimum absolute atomic E-state index is 0.145. The van der Waals surface area contributed by atoms with E-state index < -0.39 is 29.3 Å². The number of hydrogen-bond donors (Lipinski definition) is 2. The van der Waals surface area contributed by atoms with Crippen LogP contribution in [0.3, 0.4) is 0 Å². The number of hydrogen-bond acceptors (Lipinski definition) is 6. The third kappa shape index (κ3) is 3.00. The molecule has 134 valence electrons. The highest BCUT2D eigenvalue weighted by molar-refractivity contribution is 6.10. The second-order valence-corrected chi connectivity index (χ2v) is 6.62. The highest BCUT2D eigenvalue weighted by Crippen LogP contribution is 2.47. The lowest BCUT2D eigenvalue weighted by molar-refractivity contribution is -0.160. The summed E-state index contributed by atoms with van der Waals surface area (Å²) in [5, 5.41) is 15.0. The average Bonchev–Trinajstić information content (AvgIpc) is 2.93. The predicted octanol–water partition coefficient (Wildman–Crippen LogP) is 1.21. The van der Waals surface area contributed by atoms with E-state index >= 15 is 0 Å². The average molecular weight is 346 g/mol. The van der Waals surface area contributed by atoms with Crippen LogP contribution in [0.15, 0.2) is 29.4 Å². The molecule has 0 radical (unpaired) electrons. The fourth-order valence-electron chi connectivity index (χ4n) is 3.84. The second kappa shape index (κ2) is 6.48. The first-order chi connectivity index (χ1) is 11.9. The normalized spacial score (nSPS) is 31.0. The largest absolute Gasteiger partial charge is 0.497 e. The molecule has 4 unspecified atom stereocenters. The third-order valence-electron chi connectivity index (χ3n) is 4.92. The van der Waals surface area contributed by atoms with Crippen LogP contribution in [0.2, 0.25) is 0 Å². The number of esters is 1. The summed E-state index contributed by atoms with van der Waals surface area (Å²) in [7, 11) is 1.57. The minimum atomic E-state index is -1.36. The van der Waals surface area contributed by atoms with Crippen molar-refractivity contribution in [2.75, 3.05) is 13.7 Å². The van der Waals surface area contributed by atoms with Crippen LogP contribution in [0.5, 0.6) is 5.75 Å². The first kappa shape index (κ1) is 17.4. The van der Waals surface area contributed by atoms with Gasteiger partial charge in [-0.2, -0.15) is 5.10 Å². The van der Waals surface area contributed by atoms with Crippen molar-refractivity contribution in [1.82, 2.24) is 5.43 Å². The Bertz CT molecular complexity index is 711. The van der Waals surface area contributed by atoms with Gasteiger partial charge in [0.05, 0.1) is 36.9 Å². The van der Waals surface area contributed by atoms with Gasteiger partial charge in [0, 0.05) is 12.3 Å². The number of nitrogens with one attached hydrogen (secondary N) is 1. The van der Waals surface area contributed by atoms with Crippen molar-refractivity contribution in [3.63, 3.8) is 0 Å². The van der Waals surface area contributed by atoms with E-state index in [1.807, 2.05) is 0 Å². The van der Waals surface area contributed by atoms with E-state index in [9.17, 15) is 14.7 Å². The van der Waals surface area contributed by atoms with E-state index in [0.717, 1.165) is 5.56 Å². The molecule has 1 aliphatic carbocycles. The zero-order valence-corrected chi connectivity index (χ0v) is 14.5. The van der Waals surface area contributed by atoms with Gasteiger partial charge in [-0.05, 0) is 31.5 Å². The maximum Gasteiger partial charge on any atom is 0.312 e. The van der Waals surface area contributed by atoms with Gasteiger partial charge in [0.15, 0.2) is 0 Å². The summed E-state index contributed by atoms with van der Waals surface area (Å²) < 4.78 is 10.4. The Labute approximate surface area is 146 Å². The van der Waals surface area contributed by atoms with Gasteiger partial charge in [0.1, 0.15) is 5.75 Å². The van der Waals surface area contributed by atoms with E-state index in [4.69, 9.17) is 9.47 Å². The Balaban J connectivity index is 2.09. The van der Waals surface area contributed by atoms with Crippen molar-refractivity contribution in [2.24, 2.45) is 16.9 Å². The van der Waals surface area contributed by atoms with Crippen LogP contribution in [-0.4, -0.2) is 42.0 Å². The Morgan fingerprint density at radius 2 is 2.08 bits per heavy atom. The monoisotopic (exact) mass is 346 g/mol. The number of carbonyl (C=O) groups is 2. The molecule has 0 spiro atoms. The molecule has 1 fully saturated rings. The van der Waals surface area contributed by atoms with Crippen molar-refractivity contribution in [1.29, 1.82) is 0 Å². The van der Waals surface area contributed by atoms with Crippen LogP contribution in [-0.2, 0) is 14.3 Å². The maximum absolute atomic E-state index is 12.6. The molecule has 1 aliphatic heterocycles. The first-order valence-electron chi connectivity index (χ1n) is 8.28. The number of aliphatic hydroxyl groups is 1. The summed E-state index contributed by atoms with van der Waals surface area (Å²) in [6.07, 6.45) is 0.145. The number of hydrazone groups is 1. The third-order valence-corrected chi connectivity index (χ3v) is 4.92. The van der Waals surface area contributed by atoms with Gasteiger partial charge in [0.25, 0.3) is 0 Å². The van der Waals surface area contributed by atoms with Gasteiger partial charge in [0.2, 0.25) is 5.91 Å². The van der Waals surface area contributed by atoms with Crippen LogP contribution in [0.25, 0.3) is 0 Å². The Morgan fingerprint density at radius 3 is 2.68 bits per heavy atom. The van der Waals surface area contributed by atoms with Crippen LogP contribution in [0.1, 0.15) is 31.7 Å². The van der Waals surface area contributed by atoms with Gasteiger partial charge in [-0.3, -0.25) is 9.59 Å². The molecular weight excluding hydrogens is 324 g/mol. The number of carbonyl (C=O) groups excluding carboxylic acids is 2. The lowest BCUT2D eigenvalue weighted by Gasteiger charge is -2.43. The molecule has 7 nitrogen and oxygen atoms in total. The van der Waals surface area contributed by atoms with E-state index in [1.165, 1.54) is 0 Å². The van der Waals surface area contributed by atoms with E-state index in [-0.39, 0.29) is 18.9 Å². The predicted molar refractivity (Wildman–Crippen MR) is 90.2 cm³/mol. The van der Waals surface area contributed by atoms with E-state index in [2.05, 4.69) is 10.5 Å². The van der Waals surface area contributed by atoms with Crippen LogP contribution < -0.4 is 10.2 Å². The quantitative estimate of drug-likeness (QED) is 0.799. The molecule has 1 saturated carbocycles. The van der Waals surface area contributed by atoms with Crippen molar-refractivity contribution < 1.29 is 24.2 Å². The minimum Gasteiger partial charge on any atom is -0.497 e. The van der Waals surface area contributed by atoms with Gasteiger partial charge in [-0.1, -0.05) is 12.1 Å². The number of nitrogens with zero attached hydrogens (tertiary/aromatic N) is 1. The van der Waals surface area contributed by atoms with E-state index in [1.54, 1.807) is 45.2 Å². The fourth-order valence-corrected chi connectivity index (χ4v) is 3.84. The van der Waals surface area contributed by atoms with Gasteiger partial charge < -0.3 is 14.6 Å². The zero-order chi connectivity index (χ0) is 18.2. The molecule has 1 heterocycles. The molecule has 0 bridgehead atoms. The standard InChI is InChI=1S/C18H22N2O5/c1-4-25-17(22)15-13(10-5-7-11(24-3)8-6-10)14-12(9-18(15,2)23)19-20-16(14)21/h5-8,13-15,23H,4,9H2,1-3H3,(H,20,21). The van der Waals surface area contributed by atoms with Crippen LogP contribution in [0, 0.1) is 11.8 Å². The highest BCUT2D eigenvalue weighted by Gasteiger charge is 2.57. The Hall–Kier alpha value is -2.41. The summed E-state index contributed by atoms with van der Waals surface area (Å²) in [5.74, 6) is -2.12. The molecule has 0 saturated heterocycles. The highest BCUT2D eigenvalue weighted by atomic mass is 16.5. The van der Waals surface area contributed by atoms with Crippen LogP contribution >= 0.6 is 0 Å². The van der Waals surface area contributed by atoms with Crippen LogP contribution in [0.4, 0.5) is 0 Å². The smallest absolute Gasteiger partial charge is 0.312 e. The molecular formula is C18H22N2O5. The van der Waals surface area contributed by atoms with Gasteiger partial charge in [-0.15, -0.1) is 0 Å².